The van der Waals surface area contributed by atoms with Gasteiger partial charge in [-0.15, -0.1) is 24.0 Å². The van der Waals surface area contributed by atoms with Crippen LogP contribution in [-0.4, -0.2) is 38.9 Å². The molecular weight excluding hydrogens is 421 g/mol. The van der Waals surface area contributed by atoms with E-state index in [0.717, 1.165) is 11.4 Å². The molecular formula is C15H24IN7O. The zero-order valence-corrected chi connectivity index (χ0v) is 16.7. The number of hydrogen-bond donors (Lipinski definition) is 2. The molecule has 0 amide bonds. The highest BCUT2D eigenvalue weighted by Crippen LogP contribution is 2.09. The number of ether oxygens (including phenoxy) is 1. The quantitative estimate of drug-likeness (QED) is 0.398. The first kappa shape index (κ1) is 20.1. The van der Waals surface area contributed by atoms with Crippen LogP contribution in [0.4, 0.5) is 0 Å². The van der Waals surface area contributed by atoms with Gasteiger partial charge in [0.25, 0.3) is 0 Å². The Morgan fingerprint density at radius 1 is 1.25 bits per heavy atom. The minimum atomic E-state index is 0. The van der Waals surface area contributed by atoms with Crippen LogP contribution in [0.3, 0.4) is 0 Å². The lowest BCUT2D eigenvalue weighted by Gasteiger charge is -2.12. The zero-order chi connectivity index (χ0) is 16.7. The molecule has 0 atom stereocenters. The summed E-state index contributed by atoms with van der Waals surface area (Å²) in [6.07, 6.45) is 3.44. The Bertz CT molecular complexity index is 640. The molecule has 0 saturated carbocycles. The lowest BCUT2D eigenvalue weighted by Crippen LogP contribution is -2.36. The Labute approximate surface area is 159 Å². The van der Waals surface area contributed by atoms with E-state index in [0.29, 0.717) is 24.9 Å². The molecule has 0 radical (unpaired) electrons. The Morgan fingerprint density at radius 2 is 2.00 bits per heavy atom. The summed E-state index contributed by atoms with van der Waals surface area (Å²) in [5.41, 5.74) is 1.04. The molecule has 24 heavy (non-hydrogen) atoms. The van der Waals surface area contributed by atoms with E-state index in [2.05, 4.69) is 30.7 Å². The SMILES string of the molecule is CN=C(NCc1ccc(OC(C)C)nc1)NCc1ncnn1C.I. The van der Waals surface area contributed by atoms with Crippen LogP contribution >= 0.6 is 24.0 Å². The van der Waals surface area contributed by atoms with E-state index < -0.39 is 0 Å². The minimum Gasteiger partial charge on any atom is -0.475 e. The predicted octanol–water partition coefficient (Wildman–Crippen LogP) is 1.48. The van der Waals surface area contributed by atoms with Gasteiger partial charge in [-0.1, -0.05) is 6.07 Å². The average Bonchev–Trinajstić information content (AvgIpc) is 2.94. The van der Waals surface area contributed by atoms with Gasteiger partial charge in [0.05, 0.1) is 12.6 Å². The Kier molecular flexibility index (Phi) is 8.44. The van der Waals surface area contributed by atoms with Gasteiger partial charge in [-0.25, -0.2) is 9.97 Å². The highest BCUT2D eigenvalue weighted by molar-refractivity contribution is 14.0. The summed E-state index contributed by atoms with van der Waals surface area (Å²) in [4.78, 5) is 12.6. The van der Waals surface area contributed by atoms with Crippen LogP contribution in [0.15, 0.2) is 29.6 Å². The summed E-state index contributed by atoms with van der Waals surface area (Å²) in [6, 6.07) is 3.85. The largest absolute Gasteiger partial charge is 0.475 e. The molecule has 0 aliphatic heterocycles. The van der Waals surface area contributed by atoms with E-state index in [9.17, 15) is 0 Å². The molecule has 8 nitrogen and oxygen atoms in total. The van der Waals surface area contributed by atoms with E-state index in [4.69, 9.17) is 4.74 Å². The third-order valence-corrected chi connectivity index (χ3v) is 3.06. The van der Waals surface area contributed by atoms with Crippen LogP contribution in [0, 0.1) is 0 Å². The van der Waals surface area contributed by atoms with E-state index >= 15 is 0 Å². The average molecular weight is 445 g/mol. The first-order valence-electron chi connectivity index (χ1n) is 7.47. The first-order chi connectivity index (χ1) is 11.1. The summed E-state index contributed by atoms with van der Waals surface area (Å²) in [5, 5.41) is 10.4. The number of nitrogens with one attached hydrogen (secondary N) is 2. The second-order valence-corrected chi connectivity index (χ2v) is 5.25. The van der Waals surface area contributed by atoms with Crippen molar-refractivity contribution < 1.29 is 4.74 Å². The van der Waals surface area contributed by atoms with Crippen molar-refractivity contribution in [2.75, 3.05) is 7.05 Å². The van der Waals surface area contributed by atoms with Gasteiger partial charge in [-0.2, -0.15) is 5.10 Å². The molecule has 0 aromatic carbocycles. The van der Waals surface area contributed by atoms with Crippen LogP contribution in [0.5, 0.6) is 5.88 Å². The minimum absolute atomic E-state index is 0. The van der Waals surface area contributed by atoms with Crippen molar-refractivity contribution in [3.8, 4) is 5.88 Å². The van der Waals surface area contributed by atoms with Gasteiger partial charge in [0.15, 0.2) is 5.96 Å². The zero-order valence-electron chi connectivity index (χ0n) is 14.4. The molecule has 0 saturated heterocycles. The summed E-state index contributed by atoms with van der Waals surface area (Å²) in [6.45, 7) is 5.12. The standard InChI is InChI=1S/C15H23N7O.HI/c1-11(2)23-14-6-5-12(7-17-14)8-18-15(16-3)19-9-13-20-10-21-22(13)4;/h5-7,10-11H,8-9H2,1-4H3,(H2,16,18,19);1H. The summed E-state index contributed by atoms with van der Waals surface area (Å²) in [7, 11) is 3.58. The molecule has 0 aliphatic rings. The van der Waals surface area contributed by atoms with Crippen LogP contribution in [0.25, 0.3) is 0 Å². The predicted molar refractivity (Wildman–Crippen MR) is 103 cm³/mol. The summed E-state index contributed by atoms with van der Waals surface area (Å²) >= 11 is 0. The molecule has 0 aliphatic carbocycles. The number of hydrogen-bond acceptors (Lipinski definition) is 5. The Morgan fingerprint density at radius 3 is 2.54 bits per heavy atom. The molecule has 2 aromatic heterocycles. The van der Waals surface area contributed by atoms with Gasteiger partial charge < -0.3 is 15.4 Å². The number of aliphatic imine (C=N–C) groups is 1. The molecule has 0 fully saturated rings. The highest BCUT2D eigenvalue weighted by Gasteiger charge is 2.04. The van der Waals surface area contributed by atoms with Crippen LogP contribution in [0.1, 0.15) is 25.2 Å². The van der Waals surface area contributed by atoms with Gasteiger partial charge in [0.2, 0.25) is 5.88 Å². The van der Waals surface area contributed by atoms with Crippen molar-refractivity contribution in [1.29, 1.82) is 0 Å². The van der Waals surface area contributed by atoms with E-state index in [-0.39, 0.29) is 30.1 Å². The molecule has 2 heterocycles. The third-order valence-electron chi connectivity index (χ3n) is 3.06. The fraction of sp³-hybridized carbons (Fsp3) is 0.467. The van der Waals surface area contributed by atoms with Crippen molar-refractivity contribution in [2.24, 2.45) is 12.0 Å². The van der Waals surface area contributed by atoms with Gasteiger partial charge in [-0.3, -0.25) is 9.67 Å². The topological polar surface area (TPSA) is 89.2 Å². The van der Waals surface area contributed by atoms with Gasteiger partial charge in [0.1, 0.15) is 12.2 Å². The molecule has 2 rings (SSSR count). The monoisotopic (exact) mass is 445 g/mol. The fourth-order valence-electron chi connectivity index (χ4n) is 1.88. The van der Waals surface area contributed by atoms with Crippen molar-refractivity contribution in [3.63, 3.8) is 0 Å². The van der Waals surface area contributed by atoms with Crippen LogP contribution in [-0.2, 0) is 20.1 Å². The summed E-state index contributed by atoms with van der Waals surface area (Å²) in [5.74, 6) is 2.16. The Balaban J connectivity index is 0.00000288. The smallest absolute Gasteiger partial charge is 0.213 e. The number of guanidine groups is 1. The van der Waals surface area contributed by atoms with E-state index in [1.807, 2.05) is 33.0 Å². The molecule has 0 bridgehead atoms. The van der Waals surface area contributed by atoms with Crippen LogP contribution in [0.2, 0.25) is 0 Å². The van der Waals surface area contributed by atoms with Gasteiger partial charge >= 0.3 is 0 Å². The maximum absolute atomic E-state index is 5.52. The molecule has 2 N–H and O–H groups in total. The first-order valence-corrected chi connectivity index (χ1v) is 7.47. The third kappa shape index (κ3) is 6.30. The van der Waals surface area contributed by atoms with E-state index in [1.54, 1.807) is 17.9 Å². The lowest BCUT2D eigenvalue weighted by atomic mass is 10.3. The Hall–Kier alpha value is -1.91. The molecule has 2 aromatic rings. The second-order valence-electron chi connectivity index (χ2n) is 5.25. The second kappa shape index (κ2) is 10.1. The van der Waals surface area contributed by atoms with Crippen molar-refractivity contribution in [3.05, 3.63) is 36.0 Å². The van der Waals surface area contributed by atoms with Crippen molar-refractivity contribution >= 4 is 29.9 Å². The highest BCUT2D eigenvalue weighted by atomic mass is 127. The number of nitrogens with zero attached hydrogens (tertiary/aromatic N) is 5. The normalized spacial score (nSPS) is 11.1. The van der Waals surface area contributed by atoms with E-state index in [1.165, 1.54) is 6.33 Å². The molecule has 0 spiro atoms. The molecule has 9 heteroatoms. The van der Waals surface area contributed by atoms with Crippen molar-refractivity contribution in [2.45, 2.75) is 33.0 Å². The number of rotatable bonds is 6. The summed E-state index contributed by atoms with van der Waals surface area (Å²) < 4.78 is 7.24. The van der Waals surface area contributed by atoms with Gasteiger partial charge in [-0.05, 0) is 19.4 Å². The number of aromatic nitrogens is 4. The lowest BCUT2D eigenvalue weighted by molar-refractivity contribution is 0.232. The maximum Gasteiger partial charge on any atom is 0.213 e. The van der Waals surface area contributed by atoms with Gasteiger partial charge in [0, 0.05) is 32.9 Å². The van der Waals surface area contributed by atoms with Crippen LogP contribution < -0.4 is 15.4 Å². The maximum atomic E-state index is 5.52. The number of pyridine rings is 1. The number of halogens is 1. The molecule has 132 valence electrons. The number of aryl methyl sites for hydroxylation is 1. The molecule has 0 unspecified atom stereocenters. The van der Waals surface area contributed by atoms with Crippen molar-refractivity contribution in [1.82, 2.24) is 30.4 Å². The fourth-order valence-corrected chi connectivity index (χ4v) is 1.88.